The molecule has 162 valence electrons. The molecular formula is C25H21NO5S. The van der Waals surface area contributed by atoms with Crippen LogP contribution in [0.5, 0.6) is 0 Å². The van der Waals surface area contributed by atoms with Gasteiger partial charge in [-0.05, 0) is 48.4 Å². The van der Waals surface area contributed by atoms with E-state index in [-0.39, 0.29) is 23.0 Å². The van der Waals surface area contributed by atoms with E-state index in [1.54, 1.807) is 48.5 Å². The highest BCUT2D eigenvalue weighted by molar-refractivity contribution is 7.18. The fraction of sp³-hybridized carbons (Fsp3) is 0.0800. The van der Waals surface area contributed by atoms with Crippen LogP contribution in [0.25, 0.3) is 16.5 Å². The minimum absolute atomic E-state index is 0.0359. The third-order valence-corrected chi connectivity index (χ3v) is 5.80. The third-order valence-electron chi connectivity index (χ3n) is 4.64. The lowest BCUT2D eigenvalue weighted by atomic mass is 10.1. The van der Waals surface area contributed by atoms with Gasteiger partial charge in [0.25, 0.3) is 5.91 Å². The molecule has 1 aromatic heterocycles. The molecule has 0 fully saturated rings. The summed E-state index contributed by atoms with van der Waals surface area (Å²) in [4.78, 5) is 38.1. The van der Waals surface area contributed by atoms with Crippen LogP contribution in [-0.2, 0) is 4.79 Å². The summed E-state index contributed by atoms with van der Waals surface area (Å²) in [6, 6.07) is 15.8. The Labute approximate surface area is 189 Å². The average Bonchev–Trinajstić information content (AvgIpc) is 3.22. The van der Waals surface area contributed by atoms with Crippen molar-refractivity contribution in [1.29, 1.82) is 0 Å². The van der Waals surface area contributed by atoms with Crippen LogP contribution in [0.15, 0.2) is 73.3 Å². The highest BCUT2D eigenvalue weighted by Crippen LogP contribution is 2.38. The van der Waals surface area contributed by atoms with E-state index in [9.17, 15) is 19.5 Å². The molecule has 0 saturated carbocycles. The average molecular weight is 448 g/mol. The van der Waals surface area contributed by atoms with Crippen LogP contribution in [0.2, 0.25) is 0 Å². The molecule has 0 atom stereocenters. The number of thiophene rings is 1. The zero-order valence-corrected chi connectivity index (χ0v) is 18.1. The first-order valence-electron chi connectivity index (χ1n) is 9.68. The van der Waals surface area contributed by atoms with Gasteiger partial charge in [-0.3, -0.25) is 4.79 Å². The van der Waals surface area contributed by atoms with Crippen molar-refractivity contribution in [1.82, 2.24) is 0 Å². The van der Waals surface area contributed by atoms with Gasteiger partial charge in [0.1, 0.15) is 4.88 Å². The second kappa shape index (κ2) is 9.89. The Hall–Kier alpha value is -3.97. The molecule has 0 bridgehead atoms. The minimum Gasteiger partial charge on any atom is -0.478 e. The molecule has 1 amide bonds. The van der Waals surface area contributed by atoms with Crippen molar-refractivity contribution in [2.24, 2.45) is 0 Å². The maximum absolute atomic E-state index is 13.2. The maximum Gasteiger partial charge on any atom is 0.348 e. The van der Waals surface area contributed by atoms with Crippen molar-refractivity contribution >= 4 is 40.9 Å². The van der Waals surface area contributed by atoms with E-state index in [0.717, 1.165) is 28.5 Å². The highest BCUT2D eigenvalue weighted by atomic mass is 32.1. The smallest absolute Gasteiger partial charge is 0.348 e. The third kappa shape index (κ3) is 5.19. The molecule has 0 aliphatic carbocycles. The number of carbonyl (C=O) groups is 3. The number of carboxylic acids is 2. The molecule has 2 aromatic carbocycles. The molecule has 0 saturated heterocycles. The number of hydrogen-bond donors (Lipinski definition) is 2. The van der Waals surface area contributed by atoms with Crippen LogP contribution in [-0.4, -0.2) is 34.6 Å². The van der Waals surface area contributed by atoms with Crippen LogP contribution in [0.4, 0.5) is 5.69 Å². The molecule has 0 spiro atoms. The minimum atomic E-state index is -1.14. The van der Waals surface area contributed by atoms with Gasteiger partial charge < -0.3 is 15.1 Å². The fourth-order valence-corrected chi connectivity index (χ4v) is 4.11. The molecule has 2 N–H and O–H groups in total. The lowest BCUT2D eigenvalue weighted by Crippen LogP contribution is -2.31. The van der Waals surface area contributed by atoms with Crippen molar-refractivity contribution in [2.75, 3.05) is 11.4 Å². The van der Waals surface area contributed by atoms with Gasteiger partial charge in [0, 0.05) is 23.1 Å². The Bertz CT molecular complexity index is 1210. The molecule has 3 aromatic rings. The van der Waals surface area contributed by atoms with Crippen molar-refractivity contribution < 1.29 is 24.6 Å². The number of anilines is 1. The molecular weight excluding hydrogens is 426 g/mol. The number of benzene rings is 2. The zero-order valence-electron chi connectivity index (χ0n) is 17.3. The van der Waals surface area contributed by atoms with E-state index >= 15 is 0 Å². The fourth-order valence-electron chi connectivity index (χ4n) is 3.11. The summed E-state index contributed by atoms with van der Waals surface area (Å²) in [5, 5.41) is 18.6. The van der Waals surface area contributed by atoms with E-state index < -0.39 is 11.9 Å². The van der Waals surface area contributed by atoms with Gasteiger partial charge in [-0.2, -0.15) is 0 Å². The van der Waals surface area contributed by atoms with Crippen LogP contribution in [0.3, 0.4) is 0 Å². The first-order chi connectivity index (χ1) is 15.3. The summed E-state index contributed by atoms with van der Waals surface area (Å²) in [5.74, 6) is -2.52. The van der Waals surface area contributed by atoms with Crippen molar-refractivity contribution in [3.05, 3.63) is 94.9 Å². The quantitative estimate of drug-likeness (QED) is 0.358. The predicted octanol–water partition coefficient (Wildman–Crippen LogP) is 5.35. The Kier molecular flexibility index (Phi) is 7.02. The SMILES string of the molecule is C=CCN(C(=O)c1ccc(C)cc1)c1cc(-c2cccc(C=CC(=O)O)c2)sc1C(=O)O. The van der Waals surface area contributed by atoms with Gasteiger partial charge in [-0.1, -0.05) is 42.0 Å². The molecule has 6 nitrogen and oxygen atoms in total. The topological polar surface area (TPSA) is 94.9 Å². The highest BCUT2D eigenvalue weighted by Gasteiger charge is 2.25. The number of aromatic carboxylic acids is 1. The number of amides is 1. The summed E-state index contributed by atoms with van der Waals surface area (Å²) < 4.78 is 0. The predicted molar refractivity (Wildman–Crippen MR) is 126 cm³/mol. The van der Waals surface area contributed by atoms with E-state index in [2.05, 4.69) is 6.58 Å². The lowest BCUT2D eigenvalue weighted by Gasteiger charge is -2.21. The molecule has 0 aliphatic rings. The molecule has 1 heterocycles. The monoisotopic (exact) mass is 447 g/mol. The van der Waals surface area contributed by atoms with E-state index in [4.69, 9.17) is 5.11 Å². The molecule has 7 heteroatoms. The second-order valence-electron chi connectivity index (χ2n) is 7.00. The number of aryl methyl sites for hydroxylation is 1. The summed E-state index contributed by atoms with van der Waals surface area (Å²) >= 11 is 1.05. The number of carbonyl (C=O) groups excluding carboxylic acids is 1. The molecule has 3 rings (SSSR count). The summed E-state index contributed by atoms with van der Waals surface area (Å²) in [6.07, 6.45) is 4.05. The first-order valence-corrected chi connectivity index (χ1v) is 10.5. The van der Waals surface area contributed by atoms with Crippen LogP contribution >= 0.6 is 11.3 Å². The van der Waals surface area contributed by atoms with Crippen LogP contribution < -0.4 is 4.90 Å². The Morgan fingerprint density at radius 1 is 1.06 bits per heavy atom. The number of hydrogen-bond acceptors (Lipinski definition) is 4. The van der Waals surface area contributed by atoms with Crippen molar-refractivity contribution in [3.8, 4) is 10.4 Å². The van der Waals surface area contributed by atoms with E-state index in [1.165, 1.54) is 11.0 Å². The zero-order chi connectivity index (χ0) is 23.3. The van der Waals surface area contributed by atoms with Crippen molar-refractivity contribution in [3.63, 3.8) is 0 Å². The molecule has 32 heavy (non-hydrogen) atoms. The molecule has 0 unspecified atom stereocenters. The Morgan fingerprint density at radius 2 is 1.78 bits per heavy atom. The summed E-state index contributed by atoms with van der Waals surface area (Å²) in [5.41, 5.74) is 3.13. The number of aliphatic carboxylic acids is 1. The maximum atomic E-state index is 13.2. The second-order valence-corrected chi connectivity index (χ2v) is 8.05. The summed E-state index contributed by atoms with van der Waals surface area (Å²) in [7, 11) is 0. The normalized spacial score (nSPS) is 10.8. The van der Waals surface area contributed by atoms with Gasteiger partial charge >= 0.3 is 11.9 Å². The van der Waals surface area contributed by atoms with E-state index in [0.29, 0.717) is 16.0 Å². The van der Waals surface area contributed by atoms with E-state index in [1.807, 2.05) is 19.1 Å². The summed E-state index contributed by atoms with van der Waals surface area (Å²) in [6.45, 7) is 5.77. The largest absolute Gasteiger partial charge is 0.478 e. The first kappa shape index (κ1) is 22.7. The van der Waals surface area contributed by atoms with Gasteiger partial charge in [-0.15, -0.1) is 17.9 Å². The van der Waals surface area contributed by atoms with Gasteiger partial charge in [-0.25, -0.2) is 9.59 Å². The number of carboxylic acid groups (broad SMARTS) is 2. The van der Waals surface area contributed by atoms with Crippen LogP contribution in [0.1, 0.15) is 31.2 Å². The standard InChI is InChI=1S/C25H21NO5S/c1-3-13-26(24(29)18-10-7-16(2)8-11-18)20-15-21(32-23(20)25(30)31)19-6-4-5-17(14-19)9-12-22(27)28/h3-12,14-15H,1,13H2,2H3,(H,27,28)(H,30,31). The van der Waals surface area contributed by atoms with Crippen molar-refractivity contribution in [2.45, 2.75) is 6.92 Å². The van der Waals surface area contributed by atoms with Crippen LogP contribution in [0, 0.1) is 6.92 Å². The Balaban J connectivity index is 2.06. The lowest BCUT2D eigenvalue weighted by molar-refractivity contribution is -0.131. The molecule has 0 radical (unpaired) electrons. The number of nitrogens with zero attached hydrogens (tertiary/aromatic N) is 1. The van der Waals surface area contributed by atoms with Gasteiger partial charge in [0.05, 0.1) is 5.69 Å². The van der Waals surface area contributed by atoms with Gasteiger partial charge in [0.2, 0.25) is 0 Å². The Morgan fingerprint density at radius 3 is 2.41 bits per heavy atom. The number of rotatable bonds is 8. The van der Waals surface area contributed by atoms with Gasteiger partial charge in [0.15, 0.2) is 0 Å². The molecule has 0 aliphatic heterocycles.